The average molecular weight is 467 g/mol. The van der Waals surface area contributed by atoms with Gasteiger partial charge in [-0.2, -0.15) is 18.4 Å². The molecular formula is C25H20F3N3O3. The van der Waals surface area contributed by atoms with E-state index in [1.807, 2.05) is 6.07 Å². The summed E-state index contributed by atoms with van der Waals surface area (Å²) >= 11 is 0. The van der Waals surface area contributed by atoms with Gasteiger partial charge in [-0.3, -0.25) is 9.59 Å². The number of rotatable bonds is 8. The van der Waals surface area contributed by atoms with E-state index in [4.69, 9.17) is 0 Å². The lowest BCUT2D eigenvalue weighted by Gasteiger charge is -2.19. The molecule has 1 unspecified atom stereocenters. The van der Waals surface area contributed by atoms with Crippen LogP contribution in [-0.4, -0.2) is 24.6 Å². The van der Waals surface area contributed by atoms with Gasteiger partial charge in [0, 0.05) is 11.3 Å². The van der Waals surface area contributed by atoms with Crippen molar-refractivity contribution in [2.45, 2.75) is 18.6 Å². The summed E-state index contributed by atoms with van der Waals surface area (Å²) in [6.45, 7) is -1.53. The monoisotopic (exact) mass is 467 g/mol. The molecule has 2 N–H and O–H groups in total. The van der Waals surface area contributed by atoms with Crippen molar-refractivity contribution in [3.8, 4) is 11.8 Å². The molecular weight excluding hydrogens is 447 g/mol. The Morgan fingerprint density at radius 2 is 1.62 bits per heavy atom. The van der Waals surface area contributed by atoms with Gasteiger partial charge in [0.05, 0.1) is 18.0 Å². The van der Waals surface area contributed by atoms with Crippen molar-refractivity contribution in [3.63, 3.8) is 0 Å². The predicted octanol–water partition coefficient (Wildman–Crippen LogP) is 5.00. The van der Waals surface area contributed by atoms with Crippen LogP contribution < -0.4 is 15.4 Å². The fraction of sp³-hybridized carbons (Fsp3) is 0.160. The largest absolute Gasteiger partial charge is 0.483 e. The lowest BCUT2D eigenvalue weighted by molar-refractivity contribution is -0.153. The number of carbonyl (C=O) groups excluding carboxylic acids is 2. The second-order valence-corrected chi connectivity index (χ2v) is 7.28. The Kier molecular flexibility index (Phi) is 7.88. The molecule has 9 heteroatoms. The minimum atomic E-state index is -4.55. The third kappa shape index (κ3) is 7.10. The summed E-state index contributed by atoms with van der Waals surface area (Å²) in [5.74, 6) is -1.05. The van der Waals surface area contributed by atoms with Crippen molar-refractivity contribution in [3.05, 3.63) is 95.6 Å². The normalized spacial score (nSPS) is 11.7. The van der Waals surface area contributed by atoms with Crippen LogP contribution in [0.2, 0.25) is 0 Å². The molecule has 0 bridgehead atoms. The van der Waals surface area contributed by atoms with Gasteiger partial charge in [-0.25, -0.2) is 0 Å². The maximum Gasteiger partial charge on any atom is 0.422 e. The van der Waals surface area contributed by atoms with E-state index in [-0.39, 0.29) is 29.3 Å². The summed E-state index contributed by atoms with van der Waals surface area (Å²) in [5, 5.41) is 14.7. The number of hydrogen-bond donors (Lipinski definition) is 2. The van der Waals surface area contributed by atoms with Crippen LogP contribution in [0, 0.1) is 11.3 Å². The Morgan fingerprint density at radius 1 is 0.971 bits per heavy atom. The van der Waals surface area contributed by atoms with Crippen molar-refractivity contribution in [2.75, 3.05) is 11.9 Å². The molecule has 0 aromatic heterocycles. The van der Waals surface area contributed by atoms with Gasteiger partial charge in [0.15, 0.2) is 6.61 Å². The van der Waals surface area contributed by atoms with Crippen LogP contribution in [0.1, 0.15) is 33.9 Å². The minimum Gasteiger partial charge on any atom is -0.483 e. The third-order valence-corrected chi connectivity index (χ3v) is 4.71. The second kappa shape index (κ2) is 11.0. The summed E-state index contributed by atoms with van der Waals surface area (Å²) in [5.41, 5.74) is 1.22. The number of nitrogens with one attached hydrogen (secondary N) is 2. The summed E-state index contributed by atoms with van der Waals surface area (Å²) in [6.07, 6.45) is -4.66. The van der Waals surface area contributed by atoms with Gasteiger partial charge in [0.1, 0.15) is 11.8 Å². The number of anilines is 1. The lowest BCUT2D eigenvalue weighted by Crippen LogP contribution is -2.31. The molecule has 3 aromatic rings. The standard InChI is InChI=1S/C25H20F3N3O3/c26-25(27,28)16-34-22-12-11-20(13-19(22)15-29)30-23(32)14-21(17-7-3-1-4-8-17)31-24(33)18-9-5-2-6-10-18/h1-13,21H,14,16H2,(H,30,32)(H,31,33). The maximum absolute atomic E-state index is 12.7. The first-order chi connectivity index (χ1) is 16.2. The van der Waals surface area contributed by atoms with E-state index in [0.29, 0.717) is 5.56 Å². The average Bonchev–Trinajstić information content (AvgIpc) is 2.83. The van der Waals surface area contributed by atoms with Gasteiger partial charge in [-0.1, -0.05) is 48.5 Å². The first-order valence-corrected chi connectivity index (χ1v) is 10.2. The number of nitriles is 1. The van der Waals surface area contributed by atoms with Crippen molar-refractivity contribution in [1.82, 2.24) is 5.32 Å². The molecule has 0 aliphatic heterocycles. The summed E-state index contributed by atoms with van der Waals surface area (Å²) < 4.78 is 41.8. The Bertz CT molecular complexity index is 1180. The molecule has 0 aliphatic carbocycles. The zero-order valence-corrected chi connectivity index (χ0v) is 17.8. The Labute approximate surface area is 194 Å². The molecule has 0 radical (unpaired) electrons. The number of ether oxygens (including phenoxy) is 1. The number of amides is 2. The van der Waals surface area contributed by atoms with Crippen molar-refractivity contribution in [1.29, 1.82) is 5.26 Å². The van der Waals surface area contributed by atoms with E-state index in [0.717, 1.165) is 5.56 Å². The molecule has 2 amide bonds. The number of alkyl halides is 3. The molecule has 3 rings (SSSR count). The number of benzene rings is 3. The van der Waals surface area contributed by atoms with Crippen molar-refractivity contribution in [2.24, 2.45) is 0 Å². The molecule has 174 valence electrons. The molecule has 0 saturated carbocycles. The van der Waals surface area contributed by atoms with E-state index in [1.54, 1.807) is 60.7 Å². The first kappa shape index (κ1) is 24.3. The molecule has 6 nitrogen and oxygen atoms in total. The molecule has 0 aliphatic rings. The Hall–Kier alpha value is -4.32. The topological polar surface area (TPSA) is 91.2 Å². The van der Waals surface area contributed by atoms with Gasteiger partial charge >= 0.3 is 6.18 Å². The second-order valence-electron chi connectivity index (χ2n) is 7.28. The van der Waals surface area contributed by atoms with E-state index < -0.39 is 24.7 Å². The van der Waals surface area contributed by atoms with Crippen LogP contribution in [0.25, 0.3) is 0 Å². The first-order valence-electron chi connectivity index (χ1n) is 10.2. The van der Waals surface area contributed by atoms with Crippen LogP contribution >= 0.6 is 0 Å². The molecule has 1 atom stereocenters. The van der Waals surface area contributed by atoms with E-state index >= 15 is 0 Å². The van der Waals surface area contributed by atoms with Gasteiger partial charge < -0.3 is 15.4 Å². The van der Waals surface area contributed by atoms with E-state index in [1.165, 1.54) is 18.2 Å². The van der Waals surface area contributed by atoms with E-state index in [2.05, 4.69) is 15.4 Å². The number of nitrogens with zero attached hydrogens (tertiary/aromatic N) is 1. The molecule has 0 spiro atoms. The molecule has 3 aromatic carbocycles. The molecule has 0 fully saturated rings. The molecule has 0 saturated heterocycles. The predicted molar refractivity (Wildman–Crippen MR) is 119 cm³/mol. The van der Waals surface area contributed by atoms with Gasteiger partial charge in [0.25, 0.3) is 5.91 Å². The van der Waals surface area contributed by atoms with Crippen molar-refractivity contribution >= 4 is 17.5 Å². The number of halogens is 3. The zero-order valence-electron chi connectivity index (χ0n) is 17.8. The molecule has 0 heterocycles. The van der Waals surface area contributed by atoms with Gasteiger partial charge in [-0.15, -0.1) is 0 Å². The minimum absolute atomic E-state index is 0.114. The SMILES string of the molecule is N#Cc1cc(NC(=O)CC(NC(=O)c2ccccc2)c2ccccc2)ccc1OCC(F)(F)F. The van der Waals surface area contributed by atoms with Crippen LogP contribution in [0.15, 0.2) is 78.9 Å². The zero-order chi connectivity index (χ0) is 24.6. The number of carbonyl (C=O) groups is 2. The van der Waals surface area contributed by atoms with Crippen molar-refractivity contribution < 1.29 is 27.5 Å². The Morgan fingerprint density at radius 3 is 2.24 bits per heavy atom. The smallest absolute Gasteiger partial charge is 0.422 e. The highest BCUT2D eigenvalue weighted by Crippen LogP contribution is 2.25. The van der Waals surface area contributed by atoms with Crippen LogP contribution in [0.4, 0.5) is 18.9 Å². The maximum atomic E-state index is 12.7. The molecule has 34 heavy (non-hydrogen) atoms. The van der Waals surface area contributed by atoms with Crippen LogP contribution in [0.5, 0.6) is 5.75 Å². The summed E-state index contributed by atoms with van der Waals surface area (Å²) in [7, 11) is 0. The lowest BCUT2D eigenvalue weighted by atomic mass is 10.0. The number of hydrogen-bond acceptors (Lipinski definition) is 4. The van der Waals surface area contributed by atoms with Crippen LogP contribution in [0.3, 0.4) is 0 Å². The Balaban J connectivity index is 1.72. The highest BCUT2D eigenvalue weighted by Gasteiger charge is 2.29. The van der Waals surface area contributed by atoms with E-state index in [9.17, 15) is 28.0 Å². The fourth-order valence-corrected chi connectivity index (χ4v) is 3.15. The van der Waals surface area contributed by atoms with Crippen LogP contribution in [-0.2, 0) is 4.79 Å². The highest BCUT2D eigenvalue weighted by molar-refractivity contribution is 5.96. The summed E-state index contributed by atoms with van der Waals surface area (Å²) in [6, 6.07) is 22.4. The fourth-order valence-electron chi connectivity index (χ4n) is 3.15. The highest BCUT2D eigenvalue weighted by atomic mass is 19.4. The third-order valence-electron chi connectivity index (χ3n) is 4.71. The quantitative estimate of drug-likeness (QED) is 0.488. The van der Waals surface area contributed by atoms with Gasteiger partial charge in [-0.05, 0) is 35.9 Å². The van der Waals surface area contributed by atoms with Gasteiger partial charge in [0.2, 0.25) is 5.91 Å². The summed E-state index contributed by atoms with van der Waals surface area (Å²) in [4.78, 5) is 25.4.